The van der Waals surface area contributed by atoms with Crippen LogP contribution in [0, 0.1) is 5.92 Å². The molecule has 0 bridgehead atoms. The first-order chi connectivity index (χ1) is 11.8. The summed E-state index contributed by atoms with van der Waals surface area (Å²) in [6.45, 7) is 5.77. The van der Waals surface area contributed by atoms with Gasteiger partial charge < -0.3 is 10.6 Å². The molecular formula is C19H31Cl3N4S. The number of rotatable bonds is 4. The number of fused-ring (bicyclic) bond motifs is 1. The lowest BCUT2D eigenvalue weighted by Crippen LogP contribution is -2.47. The second-order valence-corrected chi connectivity index (χ2v) is 8.31. The molecule has 0 unspecified atom stereocenters. The Labute approximate surface area is 185 Å². The molecule has 154 valence electrons. The molecule has 1 saturated heterocycles. The molecule has 2 aromatic rings. The van der Waals surface area contributed by atoms with Gasteiger partial charge in [-0.15, -0.1) is 48.6 Å². The van der Waals surface area contributed by atoms with E-state index in [1.54, 1.807) is 11.3 Å². The summed E-state index contributed by atoms with van der Waals surface area (Å²) in [6.07, 6.45) is 8.44. The second kappa shape index (κ2) is 11.6. The predicted octanol–water partition coefficient (Wildman–Crippen LogP) is 4.59. The monoisotopic (exact) mass is 452 g/mol. The molecule has 27 heavy (non-hydrogen) atoms. The Morgan fingerprint density at radius 3 is 2.41 bits per heavy atom. The molecule has 1 aliphatic carbocycles. The standard InChI is InChI=1S/C19H28N4S.3ClH/c20-16-3-1-15(2-4-16)6-9-22-10-12-23(13-11-22)19-17-7-14-24-18(17)5-8-21-19;;;/h5,7-8,14-16H,1-4,6,9-13,20H2;3*1H. The maximum atomic E-state index is 6.02. The van der Waals surface area contributed by atoms with Crippen molar-refractivity contribution in [2.45, 2.75) is 38.1 Å². The molecule has 2 fully saturated rings. The lowest BCUT2D eigenvalue weighted by atomic mass is 9.84. The fraction of sp³-hybridized carbons (Fsp3) is 0.632. The van der Waals surface area contributed by atoms with Crippen molar-refractivity contribution in [1.82, 2.24) is 9.88 Å². The molecule has 4 nitrogen and oxygen atoms in total. The van der Waals surface area contributed by atoms with Gasteiger partial charge in [-0.05, 0) is 62.1 Å². The second-order valence-electron chi connectivity index (χ2n) is 7.37. The predicted molar refractivity (Wildman–Crippen MR) is 125 cm³/mol. The summed E-state index contributed by atoms with van der Waals surface area (Å²) in [5, 5.41) is 3.48. The van der Waals surface area contributed by atoms with Crippen molar-refractivity contribution in [3.8, 4) is 0 Å². The average molecular weight is 454 g/mol. The number of aromatic nitrogens is 1. The number of nitrogens with zero attached hydrogens (tertiary/aromatic N) is 3. The molecule has 1 saturated carbocycles. The van der Waals surface area contributed by atoms with Crippen LogP contribution in [0.2, 0.25) is 0 Å². The summed E-state index contributed by atoms with van der Waals surface area (Å²) in [7, 11) is 0. The number of nitrogens with two attached hydrogens (primary N) is 1. The smallest absolute Gasteiger partial charge is 0.137 e. The van der Waals surface area contributed by atoms with Crippen molar-refractivity contribution in [3.05, 3.63) is 23.7 Å². The molecule has 2 aliphatic rings. The van der Waals surface area contributed by atoms with E-state index in [0.29, 0.717) is 6.04 Å². The lowest BCUT2D eigenvalue weighted by Gasteiger charge is -2.36. The van der Waals surface area contributed by atoms with E-state index in [4.69, 9.17) is 5.73 Å². The van der Waals surface area contributed by atoms with Gasteiger partial charge in [-0.25, -0.2) is 4.98 Å². The van der Waals surface area contributed by atoms with E-state index < -0.39 is 0 Å². The van der Waals surface area contributed by atoms with Crippen molar-refractivity contribution in [2.75, 3.05) is 37.6 Å². The molecule has 2 aromatic heterocycles. The highest BCUT2D eigenvalue weighted by Gasteiger charge is 2.22. The van der Waals surface area contributed by atoms with Crippen LogP contribution in [0.25, 0.3) is 10.1 Å². The van der Waals surface area contributed by atoms with Gasteiger partial charge in [-0.2, -0.15) is 0 Å². The van der Waals surface area contributed by atoms with Crippen LogP contribution >= 0.6 is 48.6 Å². The number of anilines is 1. The topological polar surface area (TPSA) is 45.4 Å². The first kappa shape index (κ1) is 24.7. The third-order valence-corrected chi connectivity index (χ3v) is 6.66. The van der Waals surface area contributed by atoms with E-state index in [2.05, 4.69) is 32.3 Å². The number of halogens is 3. The first-order valence-corrected chi connectivity index (χ1v) is 10.2. The maximum absolute atomic E-state index is 6.02. The highest BCUT2D eigenvalue weighted by molar-refractivity contribution is 7.17. The maximum Gasteiger partial charge on any atom is 0.137 e. The van der Waals surface area contributed by atoms with Gasteiger partial charge in [0.2, 0.25) is 0 Å². The van der Waals surface area contributed by atoms with Gasteiger partial charge >= 0.3 is 0 Å². The van der Waals surface area contributed by atoms with Crippen LogP contribution in [0.15, 0.2) is 23.7 Å². The van der Waals surface area contributed by atoms with Gasteiger partial charge in [-0.1, -0.05) is 0 Å². The fourth-order valence-electron chi connectivity index (χ4n) is 4.16. The molecule has 4 rings (SSSR count). The summed E-state index contributed by atoms with van der Waals surface area (Å²) in [4.78, 5) is 9.76. The highest BCUT2D eigenvalue weighted by atomic mass is 35.5. The normalized spacial score (nSPS) is 23.2. The van der Waals surface area contributed by atoms with Crippen molar-refractivity contribution < 1.29 is 0 Å². The Balaban J connectivity index is 0.00000121. The van der Waals surface area contributed by atoms with E-state index in [1.165, 1.54) is 54.6 Å². The highest BCUT2D eigenvalue weighted by Crippen LogP contribution is 2.29. The zero-order valence-electron chi connectivity index (χ0n) is 15.6. The number of piperazine rings is 1. The van der Waals surface area contributed by atoms with Gasteiger partial charge in [0.15, 0.2) is 0 Å². The van der Waals surface area contributed by atoms with E-state index in [-0.39, 0.29) is 37.2 Å². The van der Waals surface area contributed by atoms with E-state index >= 15 is 0 Å². The summed E-state index contributed by atoms with van der Waals surface area (Å²) >= 11 is 1.80. The van der Waals surface area contributed by atoms with Gasteiger partial charge in [0.25, 0.3) is 0 Å². The summed E-state index contributed by atoms with van der Waals surface area (Å²) in [6, 6.07) is 4.80. The number of pyridine rings is 1. The quantitative estimate of drug-likeness (QED) is 0.735. The third-order valence-electron chi connectivity index (χ3n) is 5.78. The molecular weight excluding hydrogens is 423 g/mol. The Morgan fingerprint density at radius 1 is 1.00 bits per heavy atom. The molecule has 2 N–H and O–H groups in total. The number of thiophene rings is 1. The summed E-state index contributed by atoms with van der Waals surface area (Å²) in [5.41, 5.74) is 6.02. The minimum atomic E-state index is 0. The van der Waals surface area contributed by atoms with Gasteiger partial charge in [0.1, 0.15) is 5.82 Å². The first-order valence-electron chi connectivity index (χ1n) is 9.34. The largest absolute Gasteiger partial charge is 0.354 e. The van der Waals surface area contributed by atoms with Gasteiger partial charge in [-0.3, -0.25) is 4.90 Å². The fourth-order valence-corrected chi connectivity index (χ4v) is 4.93. The molecule has 0 spiro atoms. The number of hydrogen-bond donors (Lipinski definition) is 1. The molecule has 0 atom stereocenters. The lowest BCUT2D eigenvalue weighted by molar-refractivity contribution is 0.216. The Hall–Kier alpha value is -0.300. The number of hydrogen-bond acceptors (Lipinski definition) is 5. The van der Waals surface area contributed by atoms with Crippen LogP contribution < -0.4 is 10.6 Å². The Kier molecular flexibility index (Phi) is 10.7. The minimum Gasteiger partial charge on any atom is -0.354 e. The van der Waals surface area contributed by atoms with Crippen LogP contribution in [-0.2, 0) is 0 Å². The van der Waals surface area contributed by atoms with Crippen molar-refractivity contribution >= 4 is 64.5 Å². The Bertz CT molecular complexity index is 668. The molecule has 0 aromatic carbocycles. The van der Waals surface area contributed by atoms with Crippen LogP contribution in [0.5, 0.6) is 0 Å². The van der Waals surface area contributed by atoms with E-state index in [0.717, 1.165) is 32.1 Å². The van der Waals surface area contributed by atoms with E-state index in [1.807, 2.05) is 6.20 Å². The molecule has 1 aliphatic heterocycles. The Morgan fingerprint density at radius 2 is 1.70 bits per heavy atom. The van der Waals surface area contributed by atoms with Crippen LogP contribution in [-0.4, -0.2) is 48.6 Å². The zero-order valence-corrected chi connectivity index (χ0v) is 18.9. The van der Waals surface area contributed by atoms with Crippen molar-refractivity contribution in [1.29, 1.82) is 0 Å². The molecule has 0 amide bonds. The molecule has 0 radical (unpaired) electrons. The average Bonchev–Trinajstić information content (AvgIpc) is 3.10. The van der Waals surface area contributed by atoms with Crippen LogP contribution in [0.1, 0.15) is 32.1 Å². The van der Waals surface area contributed by atoms with E-state index in [9.17, 15) is 0 Å². The SMILES string of the molecule is Cl.Cl.Cl.NC1CCC(CCN2CCN(c3nccc4sccc34)CC2)CC1. The minimum absolute atomic E-state index is 0. The van der Waals surface area contributed by atoms with Gasteiger partial charge in [0, 0.05) is 48.5 Å². The van der Waals surface area contributed by atoms with Crippen LogP contribution in [0.4, 0.5) is 5.82 Å². The van der Waals surface area contributed by atoms with Crippen molar-refractivity contribution in [3.63, 3.8) is 0 Å². The summed E-state index contributed by atoms with van der Waals surface area (Å²) < 4.78 is 1.35. The molecule has 3 heterocycles. The van der Waals surface area contributed by atoms with Gasteiger partial charge in [0.05, 0.1) is 0 Å². The summed E-state index contributed by atoms with van der Waals surface area (Å²) in [5.74, 6) is 2.08. The van der Waals surface area contributed by atoms with Crippen molar-refractivity contribution in [2.24, 2.45) is 11.7 Å². The van der Waals surface area contributed by atoms with Crippen LogP contribution in [0.3, 0.4) is 0 Å². The zero-order chi connectivity index (χ0) is 16.4. The molecule has 8 heteroatoms. The third kappa shape index (κ3) is 6.09.